The van der Waals surface area contributed by atoms with Gasteiger partial charge < -0.3 is 10.2 Å². The second-order valence-corrected chi connectivity index (χ2v) is 6.87. The zero-order valence-corrected chi connectivity index (χ0v) is 14.1. The number of rotatable bonds is 5. The predicted molar refractivity (Wildman–Crippen MR) is 88.5 cm³/mol. The summed E-state index contributed by atoms with van der Waals surface area (Å²) in [5.74, 6) is 0. The highest BCUT2D eigenvalue weighted by Crippen LogP contribution is 2.20. The van der Waals surface area contributed by atoms with Crippen molar-refractivity contribution in [3.63, 3.8) is 0 Å². The lowest BCUT2D eigenvalue weighted by Crippen LogP contribution is -2.46. The van der Waals surface area contributed by atoms with Crippen molar-refractivity contribution in [2.24, 2.45) is 0 Å². The van der Waals surface area contributed by atoms with Crippen LogP contribution >= 0.6 is 11.3 Å². The highest BCUT2D eigenvalue weighted by Gasteiger charge is 2.24. The number of nitrogens with one attached hydrogen (secondary N) is 1. The Balaban J connectivity index is 1.46. The topological polar surface area (TPSA) is 75.9 Å². The lowest BCUT2D eigenvalue weighted by Gasteiger charge is -2.32. The van der Waals surface area contributed by atoms with Crippen molar-refractivity contribution in [3.8, 4) is 0 Å². The molecule has 1 aliphatic heterocycles. The first kappa shape index (κ1) is 15.9. The van der Waals surface area contributed by atoms with Gasteiger partial charge >= 0.3 is 6.03 Å². The van der Waals surface area contributed by atoms with Gasteiger partial charge in [0.05, 0.1) is 11.0 Å². The molecule has 124 valence electrons. The third-order valence-corrected chi connectivity index (χ3v) is 5.26. The van der Waals surface area contributed by atoms with Crippen LogP contribution in [0, 0.1) is 0 Å². The highest BCUT2D eigenvalue weighted by molar-refractivity contribution is 7.11. The normalized spacial score (nSPS) is 18.1. The van der Waals surface area contributed by atoms with E-state index < -0.39 is 0 Å². The number of hydrogen-bond donors (Lipinski definition) is 1. The van der Waals surface area contributed by atoms with E-state index in [1.165, 1.54) is 11.2 Å². The molecule has 3 heterocycles. The number of likely N-dealkylation sites (tertiary alicyclic amines) is 1. The number of aryl methyl sites for hydroxylation is 1. The van der Waals surface area contributed by atoms with E-state index >= 15 is 0 Å². The van der Waals surface area contributed by atoms with Gasteiger partial charge in [-0.05, 0) is 19.3 Å². The Hall–Kier alpha value is -1.96. The summed E-state index contributed by atoms with van der Waals surface area (Å²) < 4.78 is 1.85. The van der Waals surface area contributed by atoms with Crippen LogP contribution in [0.5, 0.6) is 0 Å². The number of urea groups is 1. The van der Waals surface area contributed by atoms with Crippen LogP contribution in [0.4, 0.5) is 4.79 Å². The Labute approximate surface area is 139 Å². The fraction of sp³-hybridized carbons (Fsp3) is 0.600. The minimum absolute atomic E-state index is 0.00193. The van der Waals surface area contributed by atoms with Crippen molar-refractivity contribution in [2.75, 3.05) is 19.6 Å². The molecule has 1 fully saturated rings. The zero-order chi connectivity index (χ0) is 16.1. The number of carbonyl (C=O) groups excluding carboxylic acids is 1. The van der Waals surface area contributed by atoms with Gasteiger partial charge in [-0.2, -0.15) is 5.10 Å². The van der Waals surface area contributed by atoms with Crippen LogP contribution in [0.25, 0.3) is 0 Å². The zero-order valence-electron chi connectivity index (χ0n) is 13.3. The maximum atomic E-state index is 12.3. The van der Waals surface area contributed by atoms with E-state index in [0.717, 1.165) is 37.2 Å². The molecule has 1 aliphatic rings. The quantitative estimate of drug-likeness (QED) is 0.906. The summed E-state index contributed by atoms with van der Waals surface area (Å²) in [6, 6.07) is 0.227. The number of thiazole rings is 1. The van der Waals surface area contributed by atoms with E-state index in [1.807, 2.05) is 15.8 Å². The lowest BCUT2D eigenvalue weighted by atomic mass is 10.1. The van der Waals surface area contributed by atoms with Gasteiger partial charge in [0.1, 0.15) is 12.7 Å². The number of piperidine rings is 1. The molecule has 2 amide bonds. The SMILES string of the molecule is CCc1cnc(CCNC(=O)N2CCC[C@@H](n3cncn3)C2)s1. The van der Waals surface area contributed by atoms with Crippen molar-refractivity contribution in [1.82, 2.24) is 30.0 Å². The summed E-state index contributed by atoms with van der Waals surface area (Å²) in [6.07, 6.45) is 9.02. The third-order valence-electron chi connectivity index (χ3n) is 4.06. The Morgan fingerprint density at radius 1 is 1.52 bits per heavy atom. The average Bonchev–Trinajstić information content (AvgIpc) is 3.26. The van der Waals surface area contributed by atoms with Crippen molar-refractivity contribution in [2.45, 2.75) is 38.6 Å². The molecule has 0 spiro atoms. The van der Waals surface area contributed by atoms with Crippen LogP contribution in [0.15, 0.2) is 18.9 Å². The molecular weight excluding hydrogens is 312 g/mol. The van der Waals surface area contributed by atoms with Crippen LogP contribution in [0.3, 0.4) is 0 Å². The van der Waals surface area contributed by atoms with Crippen molar-refractivity contribution in [1.29, 1.82) is 0 Å². The van der Waals surface area contributed by atoms with Crippen LogP contribution in [0.1, 0.15) is 35.7 Å². The van der Waals surface area contributed by atoms with Crippen LogP contribution < -0.4 is 5.32 Å². The summed E-state index contributed by atoms with van der Waals surface area (Å²) in [6.45, 7) is 4.24. The van der Waals surface area contributed by atoms with E-state index in [4.69, 9.17) is 0 Å². The summed E-state index contributed by atoms with van der Waals surface area (Å²) in [7, 11) is 0. The predicted octanol–water partition coefficient (Wildman–Crippen LogP) is 1.89. The molecule has 1 N–H and O–H groups in total. The monoisotopic (exact) mass is 334 g/mol. The molecule has 8 heteroatoms. The van der Waals surface area contributed by atoms with Crippen LogP contribution in [-0.2, 0) is 12.8 Å². The van der Waals surface area contributed by atoms with Gasteiger partial charge in [-0.15, -0.1) is 11.3 Å². The number of nitrogens with zero attached hydrogens (tertiary/aromatic N) is 5. The van der Waals surface area contributed by atoms with Gasteiger partial charge in [0.2, 0.25) is 0 Å². The molecule has 0 radical (unpaired) electrons. The highest BCUT2D eigenvalue weighted by atomic mass is 32.1. The molecule has 3 rings (SSSR count). The maximum Gasteiger partial charge on any atom is 0.317 e. The van der Waals surface area contributed by atoms with Crippen LogP contribution in [-0.4, -0.2) is 50.3 Å². The lowest BCUT2D eigenvalue weighted by molar-refractivity contribution is 0.163. The number of carbonyl (C=O) groups is 1. The largest absolute Gasteiger partial charge is 0.338 e. The van der Waals surface area contributed by atoms with E-state index in [2.05, 4.69) is 27.3 Å². The molecule has 0 saturated carbocycles. The molecule has 0 aromatic carbocycles. The first-order chi connectivity index (χ1) is 11.3. The summed E-state index contributed by atoms with van der Waals surface area (Å²) in [5.41, 5.74) is 0. The fourth-order valence-electron chi connectivity index (χ4n) is 2.78. The molecule has 1 saturated heterocycles. The van der Waals surface area contributed by atoms with Gasteiger partial charge in [0, 0.05) is 37.1 Å². The van der Waals surface area contributed by atoms with E-state index in [0.29, 0.717) is 13.1 Å². The first-order valence-electron chi connectivity index (χ1n) is 8.06. The molecule has 2 aromatic rings. The molecule has 1 atom stereocenters. The molecule has 0 bridgehead atoms. The standard InChI is InChI=1S/C15H22N6OS/c1-2-13-8-18-14(23-13)5-6-17-15(22)20-7-3-4-12(9-20)21-11-16-10-19-21/h8,10-12H,2-7,9H2,1H3,(H,17,22)/t12-/m1/s1. The number of amides is 2. The minimum atomic E-state index is 0.00193. The second kappa shape index (κ2) is 7.54. The van der Waals surface area contributed by atoms with Crippen molar-refractivity contribution in [3.05, 3.63) is 28.7 Å². The third kappa shape index (κ3) is 4.07. The first-order valence-corrected chi connectivity index (χ1v) is 8.88. The molecule has 23 heavy (non-hydrogen) atoms. The van der Waals surface area contributed by atoms with E-state index in [1.54, 1.807) is 17.7 Å². The summed E-state index contributed by atoms with van der Waals surface area (Å²) >= 11 is 1.72. The maximum absolute atomic E-state index is 12.3. The summed E-state index contributed by atoms with van der Waals surface area (Å²) in [5, 5.41) is 8.27. The van der Waals surface area contributed by atoms with Gasteiger partial charge in [0.25, 0.3) is 0 Å². The summed E-state index contributed by atoms with van der Waals surface area (Å²) in [4.78, 5) is 23.8. The van der Waals surface area contributed by atoms with Gasteiger partial charge in [-0.25, -0.2) is 19.4 Å². The fourth-order valence-corrected chi connectivity index (χ4v) is 3.64. The smallest absolute Gasteiger partial charge is 0.317 e. The minimum Gasteiger partial charge on any atom is -0.338 e. The van der Waals surface area contributed by atoms with Gasteiger partial charge in [-0.3, -0.25) is 0 Å². The van der Waals surface area contributed by atoms with E-state index in [9.17, 15) is 4.79 Å². The van der Waals surface area contributed by atoms with Gasteiger partial charge in [0.15, 0.2) is 0 Å². The number of hydrogen-bond acceptors (Lipinski definition) is 5. The average molecular weight is 334 g/mol. The van der Waals surface area contributed by atoms with E-state index in [-0.39, 0.29) is 12.1 Å². The van der Waals surface area contributed by atoms with Crippen molar-refractivity contribution >= 4 is 17.4 Å². The molecule has 0 aliphatic carbocycles. The second-order valence-electron chi connectivity index (χ2n) is 5.67. The Morgan fingerprint density at radius 2 is 2.43 bits per heavy atom. The molecule has 0 unspecified atom stereocenters. The Kier molecular flexibility index (Phi) is 5.22. The van der Waals surface area contributed by atoms with Crippen molar-refractivity contribution < 1.29 is 4.79 Å². The molecular formula is C15H22N6OS. The number of aromatic nitrogens is 4. The Bertz CT molecular complexity index is 626. The molecule has 7 nitrogen and oxygen atoms in total. The molecule has 2 aromatic heterocycles. The van der Waals surface area contributed by atoms with Crippen LogP contribution in [0.2, 0.25) is 0 Å². The Morgan fingerprint density at radius 3 is 3.17 bits per heavy atom. The van der Waals surface area contributed by atoms with Gasteiger partial charge in [-0.1, -0.05) is 6.92 Å².